The predicted molar refractivity (Wildman–Crippen MR) is 185 cm³/mol. The number of sulfonamides is 1. The SMILES string of the molecule is Cc1cccc(C)c1-c1cc(CCC(CC(C)C)NCc2nccc(N(C)C(C)C)n2)nc(NS(=O)(=O)c2cccc(C(=O)O)c2)n1. The van der Waals surface area contributed by atoms with Crippen molar-refractivity contribution in [3.63, 3.8) is 0 Å². The molecule has 0 aliphatic rings. The van der Waals surface area contributed by atoms with Gasteiger partial charge in [0.25, 0.3) is 10.0 Å². The van der Waals surface area contributed by atoms with Gasteiger partial charge in [-0.2, -0.15) is 0 Å². The topological polar surface area (TPSA) is 150 Å². The van der Waals surface area contributed by atoms with Crippen LogP contribution in [0.4, 0.5) is 11.8 Å². The molecule has 3 N–H and O–H groups in total. The lowest BCUT2D eigenvalue weighted by Gasteiger charge is -2.23. The van der Waals surface area contributed by atoms with Gasteiger partial charge in [-0.3, -0.25) is 0 Å². The molecule has 0 radical (unpaired) electrons. The molecule has 0 bridgehead atoms. The van der Waals surface area contributed by atoms with Crippen molar-refractivity contribution in [2.45, 2.75) is 84.3 Å². The van der Waals surface area contributed by atoms with Crippen LogP contribution in [0.3, 0.4) is 0 Å². The first-order chi connectivity index (χ1) is 22.2. The minimum absolute atomic E-state index is 0.0752. The summed E-state index contributed by atoms with van der Waals surface area (Å²) in [5, 5.41) is 13.0. The molecule has 47 heavy (non-hydrogen) atoms. The standard InChI is InChI=1S/C35H45N7O4S/c1-22(2)18-27(37-21-31-36-17-16-32(40-31)42(7)23(3)4)14-15-28-20-30(33-24(5)10-8-11-25(33)6)39-35(38-28)41-47(45,46)29-13-9-12-26(19-29)34(43)44/h8-13,16-17,19-20,22-23,27,37H,14-15,18,21H2,1-7H3,(H,43,44)(H,38,39,41). The molecule has 0 fully saturated rings. The van der Waals surface area contributed by atoms with Crippen LogP contribution in [0.25, 0.3) is 11.3 Å². The van der Waals surface area contributed by atoms with Crippen molar-refractivity contribution in [2.75, 3.05) is 16.7 Å². The quantitative estimate of drug-likeness (QED) is 0.138. The highest BCUT2D eigenvalue weighted by Gasteiger charge is 2.21. The van der Waals surface area contributed by atoms with E-state index >= 15 is 0 Å². The maximum Gasteiger partial charge on any atom is 0.335 e. The van der Waals surface area contributed by atoms with E-state index in [1.165, 1.54) is 18.2 Å². The Kier molecular flexibility index (Phi) is 11.6. The van der Waals surface area contributed by atoms with E-state index < -0.39 is 16.0 Å². The molecule has 2 aromatic carbocycles. The summed E-state index contributed by atoms with van der Waals surface area (Å²) in [7, 11) is -2.16. The lowest BCUT2D eigenvalue weighted by molar-refractivity contribution is 0.0696. The molecule has 11 nitrogen and oxygen atoms in total. The van der Waals surface area contributed by atoms with Gasteiger partial charge in [0.05, 0.1) is 22.7 Å². The maximum atomic E-state index is 13.4. The largest absolute Gasteiger partial charge is 0.478 e. The third-order valence-corrected chi connectivity index (χ3v) is 9.34. The Morgan fingerprint density at radius 1 is 0.957 bits per heavy atom. The summed E-state index contributed by atoms with van der Waals surface area (Å²) in [6, 6.07) is 15.4. The first-order valence-corrected chi connectivity index (χ1v) is 17.3. The number of nitrogens with one attached hydrogen (secondary N) is 2. The van der Waals surface area contributed by atoms with Crippen molar-refractivity contribution in [3.8, 4) is 11.3 Å². The second-order valence-corrected chi connectivity index (χ2v) is 14.2. The van der Waals surface area contributed by atoms with Crippen LogP contribution in [-0.4, -0.2) is 58.6 Å². The molecule has 12 heteroatoms. The average molecular weight is 660 g/mol. The van der Waals surface area contributed by atoms with Gasteiger partial charge < -0.3 is 15.3 Å². The highest BCUT2D eigenvalue weighted by atomic mass is 32.2. The van der Waals surface area contributed by atoms with E-state index in [0.29, 0.717) is 42.1 Å². The number of anilines is 2. The van der Waals surface area contributed by atoms with Gasteiger partial charge in [0, 0.05) is 36.6 Å². The van der Waals surface area contributed by atoms with Gasteiger partial charge in [0.15, 0.2) is 0 Å². The normalized spacial score (nSPS) is 12.4. The Bertz CT molecular complexity index is 1790. The van der Waals surface area contributed by atoms with Gasteiger partial charge >= 0.3 is 5.97 Å². The number of aryl methyl sites for hydroxylation is 3. The molecule has 250 valence electrons. The van der Waals surface area contributed by atoms with E-state index in [0.717, 1.165) is 41.4 Å². The third-order valence-electron chi connectivity index (χ3n) is 8.01. The van der Waals surface area contributed by atoms with E-state index in [4.69, 9.17) is 4.98 Å². The van der Waals surface area contributed by atoms with Crippen LogP contribution in [-0.2, 0) is 23.0 Å². The first kappa shape index (κ1) is 35.4. The Hall–Kier alpha value is -4.42. The number of aromatic nitrogens is 4. The number of rotatable bonds is 15. The van der Waals surface area contributed by atoms with Crippen LogP contribution >= 0.6 is 0 Å². The number of aromatic carboxylic acids is 1. The van der Waals surface area contributed by atoms with Crippen LogP contribution in [0.2, 0.25) is 0 Å². The molecule has 2 heterocycles. The fraction of sp³-hybridized carbons (Fsp3) is 0.400. The van der Waals surface area contributed by atoms with E-state index in [1.807, 2.05) is 51.2 Å². The Labute approximate surface area is 278 Å². The zero-order chi connectivity index (χ0) is 34.3. The highest BCUT2D eigenvalue weighted by Crippen LogP contribution is 2.28. The van der Waals surface area contributed by atoms with Gasteiger partial charge in [-0.1, -0.05) is 38.1 Å². The number of benzene rings is 2. The summed E-state index contributed by atoms with van der Waals surface area (Å²) in [6.07, 6.45) is 4.00. The van der Waals surface area contributed by atoms with E-state index in [9.17, 15) is 18.3 Å². The predicted octanol–water partition coefficient (Wildman–Crippen LogP) is 6.03. The van der Waals surface area contributed by atoms with Crippen LogP contribution in [0, 0.1) is 19.8 Å². The number of hydrogen-bond acceptors (Lipinski definition) is 9. The molecule has 1 unspecified atom stereocenters. The maximum absolute atomic E-state index is 13.4. The highest BCUT2D eigenvalue weighted by molar-refractivity contribution is 7.92. The Morgan fingerprint density at radius 3 is 2.32 bits per heavy atom. The van der Waals surface area contributed by atoms with Crippen molar-refractivity contribution < 1.29 is 18.3 Å². The molecule has 0 amide bonds. The number of carboxylic acid groups (broad SMARTS) is 1. The Balaban J connectivity index is 1.62. The van der Waals surface area contributed by atoms with E-state index in [2.05, 4.69) is 57.6 Å². The molecule has 4 rings (SSSR count). The molecule has 0 saturated heterocycles. The van der Waals surface area contributed by atoms with Crippen LogP contribution < -0.4 is 14.9 Å². The fourth-order valence-electron chi connectivity index (χ4n) is 5.36. The molecule has 4 aromatic rings. The van der Waals surface area contributed by atoms with Crippen LogP contribution in [0.1, 0.15) is 73.5 Å². The second-order valence-electron chi connectivity index (χ2n) is 12.6. The van der Waals surface area contributed by atoms with E-state index in [1.54, 1.807) is 6.20 Å². The molecule has 0 aliphatic carbocycles. The van der Waals surface area contributed by atoms with Gasteiger partial charge in [-0.15, -0.1) is 0 Å². The van der Waals surface area contributed by atoms with Crippen molar-refractivity contribution in [3.05, 3.63) is 89.0 Å². The zero-order valence-electron chi connectivity index (χ0n) is 28.2. The molecule has 0 aliphatic heterocycles. The minimum Gasteiger partial charge on any atom is -0.478 e. The van der Waals surface area contributed by atoms with Gasteiger partial charge in [0.1, 0.15) is 11.6 Å². The zero-order valence-corrected chi connectivity index (χ0v) is 29.0. The summed E-state index contributed by atoms with van der Waals surface area (Å²) in [5.74, 6) is 0.730. The first-order valence-electron chi connectivity index (χ1n) is 15.8. The molecular formula is C35H45N7O4S. The monoisotopic (exact) mass is 659 g/mol. The lowest BCUT2D eigenvalue weighted by Crippen LogP contribution is -2.32. The van der Waals surface area contributed by atoms with Crippen LogP contribution in [0.15, 0.2) is 65.7 Å². The summed E-state index contributed by atoms with van der Waals surface area (Å²) < 4.78 is 29.2. The van der Waals surface area contributed by atoms with Gasteiger partial charge in [0.2, 0.25) is 5.95 Å². The Morgan fingerprint density at radius 2 is 1.66 bits per heavy atom. The van der Waals surface area contributed by atoms with Crippen LogP contribution in [0.5, 0.6) is 0 Å². The van der Waals surface area contributed by atoms with Crippen molar-refractivity contribution in [1.29, 1.82) is 0 Å². The molecular weight excluding hydrogens is 614 g/mol. The van der Waals surface area contributed by atoms with Gasteiger partial charge in [-0.05, 0) is 94.3 Å². The minimum atomic E-state index is -4.17. The van der Waals surface area contributed by atoms with Crippen molar-refractivity contribution >= 4 is 27.8 Å². The number of carboxylic acids is 1. The third kappa shape index (κ3) is 9.55. The smallest absolute Gasteiger partial charge is 0.335 e. The molecule has 0 saturated carbocycles. The molecule has 2 aromatic heterocycles. The summed E-state index contributed by atoms with van der Waals surface area (Å²) in [4.78, 5) is 31.9. The summed E-state index contributed by atoms with van der Waals surface area (Å²) >= 11 is 0. The van der Waals surface area contributed by atoms with Crippen molar-refractivity contribution in [1.82, 2.24) is 25.3 Å². The van der Waals surface area contributed by atoms with Crippen molar-refractivity contribution in [2.24, 2.45) is 5.92 Å². The summed E-state index contributed by atoms with van der Waals surface area (Å²) in [6.45, 7) is 13.1. The summed E-state index contributed by atoms with van der Waals surface area (Å²) in [5.41, 5.74) is 4.07. The lowest BCUT2D eigenvalue weighted by atomic mass is 9.97. The van der Waals surface area contributed by atoms with E-state index in [-0.39, 0.29) is 22.4 Å². The number of hydrogen-bond donors (Lipinski definition) is 3. The molecule has 1 atom stereocenters. The van der Waals surface area contributed by atoms with Gasteiger partial charge in [-0.25, -0.2) is 37.9 Å². The number of carbonyl (C=O) groups is 1. The second kappa shape index (κ2) is 15.4. The molecule has 0 spiro atoms. The fourth-order valence-corrected chi connectivity index (χ4v) is 6.35. The number of nitrogens with zero attached hydrogens (tertiary/aromatic N) is 5. The average Bonchev–Trinajstić information content (AvgIpc) is 3.01.